The number of halogens is 1. The van der Waals surface area contributed by atoms with Gasteiger partial charge in [0.25, 0.3) is 5.91 Å². The van der Waals surface area contributed by atoms with E-state index in [1.165, 1.54) is 11.3 Å². The second kappa shape index (κ2) is 9.15. The molecule has 2 N–H and O–H groups in total. The van der Waals surface area contributed by atoms with E-state index >= 15 is 0 Å². The zero-order valence-corrected chi connectivity index (χ0v) is 17.9. The average molecular weight is 438 g/mol. The Balaban J connectivity index is 1.59. The zero-order chi connectivity index (χ0) is 20.9. The summed E-state index contributed by atoms with van der Waals surface area (Å²) in [5.74, 6) is 0.517. The fraction of sp³-hybridized carbons (Fsp3) is 0.130. The molecule has 0 atom stereocenters. The molecule has 2 aromatic carbocycles. The van der Waals surface area contributed by atoms with Crippen LogP contribution in [0.3, 0.4) is 0 Å². The predicted octanol–water partition coefficient (Wildman–Crippen LogP) is 5.08. The summed E-state index contributed by atoms with van der Waals surface area (Å²) < 4.78 is 6.07. The van der Waals surface area contributed by atoms with Crippen molar-refractivity contribution in [1.29, 1.82) is 0 Å². The Hall–Kier alpha value is -3.09. The van der Waals surface area contributed by atoms with Crippen molar-refractivity contribution in [1.82, 2.24) is 5.32 Å². The molecule has 0 unspecified atom stereocenters. The van der Waals surface area contributed by atoms with E-state index in [0.717, 1.165) is 21.7 Å². The van der Waals surface area contributed by atoms with Crippen molar-refractivity contribution in [2.24, 2.45) is 5.10 Å². The first-order valence-corrected chi connectivity index (χ1v) is 10.7. The van der Waals surface area contributed by atoms with Gasteiger partial charge in [0.1, 0.15) is 18.1 Å². The van der Waals surface area contributed by atoms with Crippen LogP contribution in [0.5, 0.6) is 0 Å². The van der Waals surface area contributed by atoms with Gasteiger partial charge in [-0.15, -0.1) is 11.3 Å². The van der Waals surface area contributed by atoms with E-state index in [1.54, 1.807) is 6.07 Å². The number of hydrazone groups is 1. The van der Waals surface area contributed by atoms with Gasteiger partial charge in [0, 0.05) is 15.5 Å². The number of thiophene rings is 1. The molecule has 152 valence electrons. The van der Waals surface area contributed by atoms with Gasteiger partial charge in [0.2, 0.25) is 0 Å². The number of nitrogens with zero attached hydrogens (tertiary/aromatic N) is 1. The molecule has 0 aliphatic carbocycles. The third-order valence-electron chi connectivity index (χ3n) is 4.60. The number of aryl methyl sites for hydroxylation is 1. The maximum absolute atomic E-state index is 12.3. The summed E-state index contributed by atoms with van der Waals surface area (Å²) in [6.45, 7) is 2.62. The topological polar surface area (TPSA) is 62.7 Å². The zero-order valence-electron chi connectivity index (χ0n) is 16.3. The van der Waals surface area contributed by atoms with E-state index in [-0.39, 0.29) is 12.5 Å². The number of carbonyl (C=O) groups is 1. The van der Waals surface area contributed by atoms with Crippen molar-refractivity contribution in [3.8, 4) is 0 Å². The molecule has 0 fully saturated rings. The van der Waals surface area contributed by atoms with Crippen LogP contribution in [0.15, 0.2) is 76.9 Å². The number of ether oxygens (including phenoxy) is 1. The molecule has 3 aromatic rings. The van der Waals surface area contributed by atoms with Gasteiger partial charge in [-0.25, -0.2) is 0 Å². The second-order valence-electron chi connectivity index (χ2n) is 6.79. The minimum atomic E-state index is -0.113. The van der Waals surface area contributed by atoms with Crippen LogP contribution in [0, 0.1) is 6.92 Å². The number of hydrogen-bond acceptors (Lipinski definition) is 5. The van der Waals surface area contributed by atoms with Crippen molar-refractivity contribution in [2.45, 2.75) is 6.92 Å². The van der Waals surface area contributed by atoms with Crippen LogP contribution in [-0.4, -0.2) is 24.8 Å². The average Bonchev–Trinajstić information content (AvgIpc) is 3.38. The SMILES string of the molecule is Cc1ccc(C(COC2=C(c3cccs3)C(=O)NC2)=NNc2cccc(Cl)c2)cc1. The highest BCUT2D eigenvalue weighted by Gasteiger charge is 2.26. The van der Waals surface area contributed by atoms with Gasteiger partial charge in [0.15, 0.2) is 0 Å². The van der Waals surface area contributed by atoms with Gasteiger partial charge in [-0.2, -0.15) is 5.10 Å². The molecule has 0 bridgehead atoms. The lowest BCUT2D eigenvalue weighted by molar-refractivity contribution is -0.114. The molecule has 0 radical (unpaired) electrons. The van der Waals surface area contributed by atoms with Gasteiger partial charge < -0.3 is 10.1 Å². The Kier molecular flexibility index (Phi) is 6.16. The maximum atomic E-state index is 12.3. The first kappa shape index (κ1) is 20.2. The second-order valence-corrected chi connectivity index (χ2v) is 8.18. The van der Waals surface area contributed by atoms with Crippen LogP contribution in [0.25, 0.3) is 5.57 Å². The van der Waals surface area contributed by atoms with Gasteiger partial charge in [0.05, 0.1) is 17.8 Å². The maximum Gasteiger partial charge on any atom is 0.256 e. The van der Waals surface area contributed by atoms with Crippen LogP contribution >= 0.6 is 22.9 Å². The molecule has 30 heavy (non-hydrogen) atoms. The quantitative estimate of drug-likeness (QED) is 0.400. The lowest BCUT2D eigenvalue weighted by atomic mass is 10.1. The highest BCUT2D eigenvalue weighted by atomic mass is 35.5. The molecule has 0 saturated heterocycles. The minimum Gasteiger partial charge on any atom is -0.489 e. The molecule has 2 heterocycles. The van der Waals surface area contributed by atoms with E-state index < -0.39 is 0 Å². The molecule has 1 aliphatic heterocycles. The molecular formula is C23H20ClN3O2S. The number of benzene rings is 2. The van der Waals surface area contributed by atoms with Crippen LogP contribution < -0.4 is 10.7 Å². The summed E-state index contributed by atoms with van der Waals surface area (Å²) >= 11 is 7.58. The van der Waals surface area contributed by atoms with Crippen molar-refractivity contribution >= 4 is 45.8 Å². The summed E-state index contributed by atoms with van der Waals surface area (Å²) in [6, 6.07) is 19.3. The summed E-state index contributed by atoms with van der Waals surface area (Å²) in [5.41, 5.74) is 7.24. The third-order valence-corrected chi connectivity index (χ3v) is 5.72. The molecule has 0 spiro atoms. The van der Waals surface area contributed by atoms with Gasteiger partial charge in [-0.1, -0.05) is 53.6 Å². The van der Waals surface area contributed by atoms with Crippen molar-refractivity contribution in [2.75, 3.05) is 18.6 Å². The van der Waals surface area contributed by atoms with Crippen molar-refractivity contribution < 1.29 is 9.53 Å². The van der Waals surface area contributed by atoms with Crippen molar-refractivity contribution in [3.63, 3.8) is 0 Å². The van der Waals surface area contributed by atoms with Gasteiger partial charge in [-0.05, 0) is 36.6 Å². The molecule has 5 nitrogen and oxygen atoms in total. The summed E-state index contributed by atoms with van der Waals surface area (Å²) in [5, 5.41) is 9.98. The van der Waals surface area contributed by atoms with E-state index in [0.29, 0.717) is 28.6 Å². The molecule has 0 saturated carbocycles. The predicted molar refractivity (Wildman–Crippen MR) is 123 cm³/mol. The molecule has 1 aliphatic rings. The Labute approximate surface area is 184 Å². The van der Waals surface area contributed by atoms with E-state index in [4.69, 9.17) is 16.3 Å². The largest absolute Gasteiger partial charge is 0.489 e. The van der Waals surface area contributed by atoms with Crippen LogP contribution in [0.1, 0.15) is 16.0 Å². The number of nitrogens with one attached hydrogen (secondary N) is 2. The lowest BCUT2D eigenvalue weighted by Gasteiger charge is -2.12. The Bertz CT molecular complexity index is 1110. The van der Waals surface area contributed by atoms with Gasteiger partial charge >= 0.3 is 0 Å². The Morgan fingerprint density at radius 3 is 2.77 bits per heavy atom. The lowest BCUT2D eigenvalue weighted by Crippen LogP contribution is -2.18. The van der Waals surface area contributed by atoms with Crippen LogP contribution in [0.2, 0.25) is 5.02 Å². The molecular weight excluding hydrogens is 418 g/mol. The number of anilines is 1. The van der Waals surface area contributed by atoms with Crippen molar-refractivity contribution in [3.05, 3.63) is 92.8 Å². The summed E-state index contributed by atoms with van der Waals surface area (Å²) in [7, 11) is 0. The third kappa shape index (κ3) is 4.72. The number of amides is 1. The fourth-order valence-electron chi connectivity index (χ4n) is 3.03. The number of hydrogen-bond donors (Lipinski definition) is 2. The van der Waals surface area contributed by atoms with Gasteiger partial charge in [-0.3, -0.25) is 10.2 Å². The van der Waals surface area contributed by atoms with E-state index in [1.807, 2.05) is 66.9 Å². The monoisotopic (exact) mass is 437 g/mol. The fourth-order valence-corrected chi connectivity index (χ4v) is 4.00. The standard InChI is InChI=1S/C23H20ClN3O2S/c1-15-7-9-16(10-8-15)19(27-26-18-5-2-4-17(24)12-18)14-29-20-13-25-23(28)22(20)21-6-3-11-30-21/h2-12,26H,13-14H2,1H3,(H,25,28). The summed E-state index contributed by atoms with van der Waals surface area (Å²) in [6.07, 6.45) is 0. The van der Waals surface area contributed by atoms with E-state index in [9.17, 15) is 4.79 Å². The highest BCUT2D eigenvalue weighted by molar-refractivity contribution is 7.11. The minimum absolute atomic E-state index is 0.113. The first-order chi connectivity index (χ1) is 14.6. The molecule has 1 aromatic heterocycles. The number of carbonyl (C=O) groups excluding carboxylic acids is 1. The molecule has 7 heteroatoms. The smallest absolute Gasteiger partial charge is 0.256 e. The van der Waals surface area contributed by atoms with Crippen LogP contribution in [-0.2, 0) is 9.53 Å². The highest BCUT2D eigenvalue weighted by Crippen LogP contribution is 2.27. The normalized spacial score (nSPS) is 14.1. The Morgan fingerprint density at radius 1 is 1.20 bits per heavy atom. The van der Waals surface area contributed by atoms with Crippen LogP contribution in [0.4, 0.5) is 5.69 Å². The molecule has 4 rings (SSSR count). The number of rotatable bonds is 7. The molecule has 1 amide bonds. The van der Waals surface area contributed by atoms with E-state index in [2.05, 4.69) is 15.8 Å². The summed E-state index contributed by atoms with van der Waals surface area (Å²) in [4.78, 5) is 13.2. The Morgan fingerprint density at radius 2 is 2.03 bits per heavy atom. The first-order valence-electron chi connectivity index (χ1n) is 9.43.